The van der Waals surface area contributed by atoms with E-state index in [1.165, 1.54) is 0 Å². The van der Waals surface area contributed by atoms with Crippen molar-refractivity contribution in [2.75, 3.05) is 6.54 Å². The van der Waals surface area contributed by atoms with Crippen LogP contribution in [0, 0.1) is 0 Å². The van der Waals surface area contributed by atoms with Crippen LogP contribution >= 0.6 is 23.2 Å². The third-order valence-corrected chi connectivity index (χ3v) is 2.98. The van der Waals surface area contributed by atoms with Gasteiger partial charge in [0.1, 0.15) is 0 Å². The number of carbonyl (C=O) groups is 1. The van der Waals surface area contributed by atoms with Crippen molar-refractivity contribution in [2.24, 2.45) is 5.73 Å². The standard InChI is InChI=1S/C12H16Cl2N2O/c1-2-3-9(7-15)16-12(17)10-5-4-8(13)6-11(10)14/h4-6,9H,2-3,7,15H2,1H3,(H,16,17). The zero-order chi connectivity index (χ0) is 12.8. The monoisotopic (exact) mass is 274 g/mol. The maximum Gasteiger partial charge on any atom is 0.253 e. The summed E-state index contributed by atoms with van der Waals surface area (Å²) < 4.78 is 0. The summed E-state index contributed by atoms with van der Waals surface area (Å²) in [6, 6.07) is 4.79. The smallest absolute Gasteiger partial charge is 0.253 e. The van der Waals surface area contributed by atoms with E-state index in [1.807, 2.05) is 6.92 Å². The van der Waals surface area contributed by atoms with E-state index in [2.05, 4.69) is 5.32 Å². The predicted molar refractivity (Wildman–Crippen MR) is 71.7 cm³/mol. The van der Waals surface area contributed by atoms with Crippen LogP contribution in [0.5, 0.6) is 0 Å². The quantitative estimate of drug-likeness (QED) is 0.868. The SMILES string of the molecule is CCCC(CN)NC(=O)c1ccc(Cl)cc1Cl. The van der Waals surface area contributed by atoms with Crippen LogP contribution in [0.3, 0.4) is 0 Å². The van der Waals surface area contributed by atoms with Crippen LogP contribution in [0.1, 0.15) is 30.1 Å². The van der Waals surface area contributed by atoms with Crippen LogP contribution in [-0.4, -0.2) is 18.5 Å². The van der Waals surface area contributed by atoms with Crippen LogP contribution in [0.2, 0.25) is 10.0 Å². The molecular formula is C12H16Cl2N2O. The van der Waals surface area contributed by atoms with Gasteiger partial charge in [0.05, 0.1) is 10.6 Å². The molecule has 1 aromatic carbocycles. The minimum Gasteiger partial charge on any atom is -0.348 e. The number of amides is 1. The van der Waals surface area contributed by atoms with Gasteiger partial charge >= 0.3 is 0 Å². The Balaban J connectivity index is 2.75. The molecule has 0 aliphatic rings. The van der Waals surface area contributed by atoms with E-state index >= 15 is 0 Å². The summed E-state index contributed by atoms with van der Waals surface area (Å²) in [6.45, 7) is 2.47. The molecule has 1 rings (SSSR count). The van der Waals surface area contributed by atoms with E-state index in [4.69, 9.17) is 28.9 Å². The highest BCUT2D eigenvalue weighted by molar-refractivity contribution is 6.36. The molecule has 0 bridgehead atoms. The molecule has 17 heavy (non-hydrogen) atoms. The van der Waals surface area contributed by atoms with Crippen molar-refractivity contribution in [3.63, 3.8) is 0 Å². The van der Waals surface area contributed by atoms with Crippen LogP contribution in [0.4, 0.5) is 0 Å². The van der Waals surface area contributed by atoms with Gasteiger partial charge in [-0.2, -0.15) is 0 Å². The van der Waals surface area contributed by atoms with Crippen molar-refractivity contribution in [1.82, 2.24) is 5.32 Å². The molecule has 0 aliphatic heterocycles. The molecule has 0 saturated carbocycles. The number of halogens is 2. The zero-order valence-corrected chi connectivity index (χ0v) is 11.2. The van der Waals surface area contributed by atoms with Gasteiger partial charge in [-0.15, -0.1) is 0 Å². The lowest BCUT2D eigenvalue weighted by Crippen LogP contribution is -2.40. The number of carbonyl (C=O) groups excluding carboxylic acids is 1. The maximum atomic E-state index is 11.9. The first-order valence-corrected chi connectivity index (χ1v) is 6.30. The molecular weight excluding hydrogens is 259 g/mol. The fourth-order valence-electron chi connectivity index (χ4n) is 1.53. The van der Waals surface area contributed by atoms with Gasteiger partial charge in [-0.3, -0.25) is 4.79 Å². The van der Waals surface area contributed by atoms with E-state index in [1.54, 1.807) is 18.2 Å². The molecule has 3 nitrogen and oxygen atoms in total. The van der Waals surface area contributed by atoms with E-state index in [0.717, 1.165) is 12.8 Å². The molecule has 5 heteroatoms. The number of hydrogen-bond acceptors (Lipinski definition) is 2. The van der Waals surface area contributed by atoms with Crippen molar-refractivity contribution < 1.29 is 4.79 Å². The van der Waals surface area contributed by atoms with Gasteiger partial charge < -0.3 is 11.1 Å². The second-order valence-electron chi connectivity index (χ2n) is 3.82. The lowest BCUT2D eigenvalue weighted by Gasteiger charge is -2.16. The van der Waals surface area contributed by atoms with Gasteiger partial charge in [0.2, 0.25) is 0 Å². The third kappa shape index (κ3) is 4.19. The van der Waals surface area contributed by atoms with Gasteiger partial charge in [-0.1, -0.05) is 36.5 Å². The van der Waals surface area contributed by atoms with Crippen molar-refractivity contribution in [1.29, 1.82) is 0 Å². The number of benzene rings is 1. The Morgan fingerprint density at radius 2 is 2.18 bits per heavy atom. The normalized spacial score (nSPS) is 12.2. The summed E-state index contributed by atoms with van der Waals surface area (Å²) in [5.74, 6) is -0.212. The van der Waals surface area contributed by atoms with Gasteiger partial charge in [0, 0.05) is 17.6 Å². The Kier molecular flexibility index (Phi) is 5.75. The van der Waals surface area contributed by atoms with Gasteiger partial charge in [-0.05, 0) is 24.6 Å². The largest absolute Gasteiger partial charge is 0.348 e. The Hall–Kier alpha value is -0.770. The zero-order valence-electron chi connectivity index (χ0n) is 9.67. The number of hydrogen-bond donors (Lipinski definition) is 2. The average molecular weight is 275 g/mol. The molecule has 0 spiro atoms. The molecule has 3 N–H and O–H groups in total. The first kappa shape index (κ1) is 14.3. The summed E-state index contributed by atoms with van der Waals surface area (Å²) in [7, 11) is 0. The summed E-state index contributed by atoms with van der Waals surface area (Å²) >= 11 is 11.7. The summed E-state index contributed by atoms with van der Waals surface area (Å²) in [5.41, 5.74) is 6.00. The highest BCUT2D eigenvalue weighted by atomic mass is 35.5. The molecule has 94 valence electrons. The maximum absolute atomic E-state index is 11.9. The fraction of sp³-hybridized carbons (Fsp3) is 0.417. The van der Waals surface area contributed by atoms with Crippen molar-refractivity contribution in [2.45, 2.75) is 25.8 Å². The molecule has 0 heterocycles. The van der Waals surface area contributed by atoms with E-state index in [9.17, 15) is 4.79 Å². The highest BCUT2D eigenvalue weighted by Crippen LogP contribution is 2.20. The van der Waals surface area contributed by atoms with Crippen LogP contribution in [0.15, 0.2) is 18.2 Å². The third-order valence-electron chi connectivity index (χ3n) is 2.43. The predicted octanol–water partition coefficient (Wildman–Crippen LogP) is 2.85. The molecule has 1 unspecified atom stereocenters. The summed E-state index contributed by atoms with van der Waals surface area (Å²) in [5, 5.41) is 3.71. The number of rotatable bonds is 5. The van der Waals surface area contributed by atoms with Crippen LogP contribution in [0.25, 0.3) is 0 Å². The first-order valence-electron chi connectivity index (χ1n) is 5.54. The molecule has 0 aromatic heterocycles. The van der Waals surface area contributed by atoms with Crippen molar-refractivity contribution in [3.05, 3.63) is 33.8 Å². The Bertz CT molecular complexity index is 396. The van der Waals surface area contributed by atoms with Crippen LogP contribution in [-0.2, 0) is 0 Å². The number of nitrogens with one attached hydrogen (secondary N) is 1. The van der Waals surface area contributed by atoms with Gasteiger partial charge in [0.15, 0.2) is 0 Å². The van der Waals surface area contributed by atoms with Gasteiger partial charge in [-0.25, -0.2) is 0 Å². The van der Waals surface area contributed by atoms with E-state index in [0.29, 0.717) is 22.2 Å². The molecule has 1 atom stereocenters. The summed E-state index contributed by atoms with van der Waals surface area (Å²) in [4.78, 5) is 11.9. The fourth-order valence-corrected chi connectivity index (χ4v) is 2.03. The first-order chi connectivity index (χ1) is 8.08. The Morgan fingerprint density at radius 3 is 2.71 bits per heavy atom. The van der Waals surface area contributed by atoms with E-state index < -0.39 is 0 Å². The lowest BCUT2D eigenvalue weighted by molar-refractivity contribution is 0.0936. The van der Waals surface area contributed by atoms with Crippen molar-refractivity contribution in [3.8, 4) is 0 Å². The van der Waals surface area contributed by atoms with Crippen LogP contribution < -0.4 is 11.1 Å². The van der Waals surface area contributed by atoms with Gasteiger partial charge in [0.25, 0.3) is 5.91 Å². The molecule has 0 fully saturated rings. The molecule has 1 amide bonds. The molecule has 1 aromatic rings. The number of nitrogens with two attached hydrogens (primary N) is 1. The Morgan fingerprint density at radius 1 is 1.47 bits per heavy atom. The Labute approximate surface area is 111 Å². The second-order valence-corrected chi connectivity index (χ2v) is 4.66. The lowest BCUT2D eigenvalue weighted by atomic mass is 10.1. The molecule has 0 aliphatic carbocycles. The summed E-state index contributed by atoms with van der Waals surface area (Å²) in [6.07, 6.45) is 1.82. The minimum atomic E-state index is -0.212. The highest BCUT2D eigenvalue weighted by Gasteiger charge is 2.14. The average Bonchev–Trinajstić information content (AvgIpc) is 2.28. The van der Waals surface area contributed by atoms with E-state index in [-0.39, 0.29) is 11.9 Å². The van der Waals surface area contributed by atoms with Crippen molar-refractivity contribution >= 4 is 29.1 Å². The molecule has 0 radical (unpaired) electrons. The second kappa shape index (κ2) is 6.84. The molecule has 0 saturated heterocycles. The topological polar surface area (TPSA) is 55.1 Å². The minimum absolute atomic E-state index is 0.0146.